The highest BCUT2D eigenvalue weighted by molar-refractivity contribution is 6.74. The first-order chi connectivity index (χ1) is 15.9. The summed E-state index contributed by atoms with van der Waals surface area (Å²) < 4.78 is 13.4. The Hall–Kier alpha value is -2.95. The van der Waals surface area contributed by atoms with Crippen molar-refractivity contribution in [2.45, 2.75) is 45.4 Å². The number of carboxylic acids is 1. The normalized spacial score (nSPS) is 12.1. The fraction of sp³-hybridized carbons (Fsp3) is 0.391. The van der Waals surface area contributed by atoms with Gasteiger partial charge in [0.2, 0.25) is 11.7 Å². The number of hydrogen-bond donors (Lipinski definition) is 2. The SMILES string of the molecule is CC(C)(C)[Si](C)(C)OCCOc1cccc2c1nc(C(=O)O)n2CC(=O)Nc1ccc(Cl)cn1. The largest absolute Gasteiger partial charge is 0.489 e. The summed E-state index contributed by atoms with van der Waals surface area (Å²) in [7, 11) is -1.90. The molecule has 0 unspecified atom stereocenters. The van der Waals surface area contributed by atoms with Crippen LogP contribution in [0.15, 0.2) is 36.5 Å². The van der Waals surface area contributed by atoms with Crippen molar-refractivity contribution in [2.75, 3.05) is 18.5 Å². The van der Waals surface area contributed by atoms with Gasteiger partial charge < -0.3 is 24.2 Å². The summed E-state index contributed by atoms with van der Waals surface area (Å²) in [6.07, 6.45) is 1.41. The average molecular weight is 505 g/mol. The van der Waals surface area contributed by atoms with Gasteiger partial charge in [0.05, 0.1) is 17.1 Å². The number of aromatic nitrogens is 3. The van der Waals surface area contributed by atoms with E-state index in [0.29, 0.717) is 40.8 Å². The second kappa shape index (κ2) is 10.1. The molecule has 0 saturated carbocycles. The summed E-state index contributed by atoms with van der Waals surface area (Å²) in [5.74, 6) is -1.23. The number of carbonyl (C=O) groups is 2. The molecule has 0 aliphatic heterocycles. The smallest absolute Gasteiger partial charge is 0.372 e. The quantitative estimate of drug-likeness (QED) is 0.317. The highest BCUT2D eigenvalue weighted by atomic mass is 35.5. The highest BCUT2D eigenvalue weighted by Crippen LogP contribution is 2.36. The third kappa shape index (κ3) is 5.94. The Balaban J connectivity index is 1.77. The van der Waals surface area contributed by atoms with Crippen molar-refractivity contribution in [1.82, 2.24) is 14.5 Å². The van der Waals surface area contributed by atoms with Crippen LogP contribution in [0.3, 0.4) is 0 Å². The van der Waals surface area contributed by atoms with Gasteiger partial charge in [0, 0.05) is 6.20 Å². The summed E-state index contributed by atoms with van der Waals surface area (Å²) in [5.41, 5.74) is 0.837. The number of pyridine rings is 1. The molecule has 9 nitrogen and oxygen atoms in total. The van der Waals surface area contributed by atoms with Gasteiger partial charge in [0.25, 0.3) is 0 Å². The summed E-state index contributed by atoms with van der Waals surface area (Å²) in [5, 5.41) is 12.8. The number of carboxylic acid groups (broad SMARTS) is 1. The molecule has 2 N–H and O–H groups in total. The molecule has 3 rings (SSSR count). The Morgan fingerprint density at radius 3 is 2.53 bits per heavy atom. The summed E-state index contributed by atoms with van der Waals surface area (Å²) in [4.78, 5) is 32.7. The lowest BCUT2D eigenvalue weighted by atomic mass is 10.2. The monoisotopic (exact) mass is 504 g/mol. The van der Waals surface area contributed by atoms with Crippen LogP contribution in [-0.2, 0) is 15.8 Å². The van der Waals surface area contributed by atoms with Crippen LogP contribution in [0, 0.1) is 0 Å². The number of halogens is 1. The van der Waals surface area contributed by atoms with E-state index in [-0.39, 0.29) is 17.4 Å². The molecule has 0 bridgehead atoms. The molecule has 3 aromatic rings. The average Bonchev–Trinajstić information content (AvgIpc) is 3.11. The van der Waals surface area contributed by atoms with E-state index in [2.05, 4.69) is 49.1 Å². The second-order valence-electron chi connectivity index (χ2n) is 9.32. The lowest BCUT2D eigenvalue weighted by Crippen LogP contribution is -2.41. The molecule has 2 aromatic heterocycles. The minimum absolute atomic E-state index is 0.0876. The highest BCUT2D eigenvalue weighted by Gasteiger charge is 2.37. The second-order valence-corrected chi connectivity index (χ2v) is 14.6. The number of imidazole rings is 1. The number of hydrogen-bond acceptors (Lipinski definition) is 6. The number of rotatable bonds is 9. The number of anilines is 1. The van der Waals surface area contributed by atoms with E-state index >= 15 is 0 Å². The first kappa shape index (κ1) is 25.7. The van der Waals surface area contributed by atoms with Gasteiger partial charge in [-0.3, -0.25) is 4.79 Å². The van der Waals surface area contributed by atoms with Gasteiger partial charge in [-0.15, -0.1) is 0 Å². The number of aromatic carboxylic acids is 1. The van der Waals surface area contributed by atoms with Gasteiger partial charge in [0.15, 0.2) is 8.32 Å². The Bertz CT molecular complexity index is 1190. The van der Waals surface area contributed by atoms with E-state index in [4.69, 9.17) is 20.8 Å². The zero-order valence-corrected chi connectivity index (χ0v) is 21.6. The van der Waals surface area contributed by atoms with E-state index in [1.54, 1.807) is 30.3 Å². The summed E-state index contributed by atoms with van der Waals surface area (Å²) >= 11 is 5.82. The Morgan fingerprint density at radius 2 is 1.91 bits per heavy atom. The lowest BCUT2D eigenvalue weighted by Gasteiger charge is -2.36. The molecular formula is C23H29ClN4O5Si. The Morgan fingerprint density at radius 1 is 1.18 bits per heavy atom. The molecule has 0 aliphatic carbocycles. The van der Waals surface area contributed by atoms with E-state index < -0.39 is 20.2 Å². The van der Waals surface area contributed by atoms with Crippen LogP contribution in [0.2, 0.25) is 23.2 Å². The van der Waals surface area contributed by atoms with Crippen molar-refractivity contribution in [3.8, 4) is 5.75 Å². The topological polar surface area (TPSA) is 116 Å². The molecule has 0 fully saturated rings. The number of nitrogens with zero attached hydrogens (tertiary/aromatic N) is 3. The first-order valence-electron chi connectivity index (χ1n) is 10.8. The molecule has 0 atom stereocenters. The fourth-order valence-corrected chi connectivity index (χ4v) is 4.14. The molecule has 182 valence electrons. The van der Waals surface area contributed by atoms with Crippen molar-refractivity contribution >= 4 is 48.6 Å². The zero-order valence-electron chi connectivity index (χ0n) is 19.9. The Kier molecular flexibility index (Phi) is 7.64. The number of amides is 1. The maximum Gasteiger partial charge on any atom is 0.372 e. The third-order valence-electron chi connectivity index (χ3n) is 5.84. The van der Waals surface area contributed by atoms with Crippen molar-refractivity contribution in [2.24, 2.45) is 0 Å². The molecular weight excluding hydrogens is 476 g/mol. The van der Waals surface area contributed by atoms with Crippen LogP contribution in [-0.4, -0.2) is 53.0 Å². The molecule has 1 aromatic carbocycles. The van der Waals surface area contributed by atoms with E-state index in [9.17, 15) is 14.7 Å². The number of carbonyl (C=O) groups excluding carboxylic acids is 1. The van der Waals surface area contributed by atoms with E-state index in [0.717, 1.165) is 0 Å². The molecule has 0 aliphatic rings. The van der Waals surface area contributed by atoms with Gasteiger partial charge in [-0.2, -0.15) is 0 Å². The van der Waals surface area contributed by atoms with Crippen LogP contribution >= 0.6 is 11.6 Å². The van der Waals surface area contributed by atoms with Crippen LogP contribution < -0.4 is 10.1 Å². The summed E-state index contributed by atoms with van der Waals surface area (Å²) in [6.45, 7) is 11.3. The number of para-hydroxylation sites is 1. The van der Waals surface area contributed by atoms with Crippen LogP contribution in [0.1, 0.15) is 31.4 Å². The molecule has 34 heavy (non-hydrogen) atoms. The minimum Gasteiger partial charge on any atom is -0.489 e. The molecule has 0 radical (unpaired) electrons. The number of ether oxygens (including phenoxy) is 1. The fourth-order valence-electron chi connectivity index (χ4n) is 3.00. The first-order valence-corrected chi connectivity index (χ1v) is 14.1. The molecule has 11 heteroatoms. The van der Waals surface area contributed by atoms with Crippen molar-refractivity contribution < 1.29 is 23.9 Å². The molecule has 2 heterocycles. The van der Waals surface area contributed by atoms with Crippen molar-refractivity contribution in [3.63, 3.8) is 0 Å². The third-order valence-corrected chi connectivity index (χ3v) is 10.6. The van der Waals surface area contributed by atoms with E-state index in [1.165, 1.54) is 10.8 Å². The van der Waals surface area contributed by atoms with Crippen molar-refractivity contribution in [1.29, 1.82) is 0 Å². The van der Waals surface area contributed by atoms with Crippen LogP contribution in [0.4, 0.5) is 5.82 Å². The van der Waals surface area contributed by atoms with E-state index in [1.807, 2.05) is 0 Å². The van der Waals surface area contributed by atoms with Gasteiger partial charge in [-0.1, -0.05) is 38.4 Å². The number of benzene rings is 1. The van der Waals surface area contributed by atoms with Gasteiger partial charge in [-0.25, -0.2) is 14.8 Å². The number of nitrogens with one attached hydrogen (secondary N) is 1. The minimum atomic E-state index is -1.90. The maximum atomic E-state index is 12.6. The number of fused-ring (bicyclic) bond motifs is 1. The maximum absolute atomic E-state index is 12.6. The predicted molar refractivity (Wildman–Crippen MR) is 133 cm³/mol. The molecule has 0 saturated heterocycles. The van der Waals surface area contributed by atoms with Crippen LogP contribution in [0.25, 0.3) is 11.0 Å². The van der Waals surface area contributed by atoms with Gasteiger partial charge in [-0.05, 0) is 42.4 Å². The Labute approximate surface area is 204 Å². The molecule has 0 spiro atoms. The lowest BCUT2D eigenvalue weighted by molar-refractivity contribution is -0.116. The standard InChI is InChI=1S/C23H29ClN4O5Si/c1-23(2,3)34(4,5)33-12-11-32-17-8-6-7-16-20(17)27-21(22(30)31)28(16)14-19(29)26-18-10-9-15(24)13-25-18/h6-10,13H,11-12,14H2,1-5H3,(H,30,31)(H,25,26,29). The molecule has 1 amide bonds. The predicted octanol–water partition coefficient (Wildman–Crippen LogP) is 4.82. The van der Waals surface area contributed by atoms with Gasteiger partial charge >= 0.3 is 5.97 Å². The van der Waals surface area contributed by atoms with Gasteiger partial charge in [0.1, 0.15) is 30.2 Å². The van der Waals surface area contributed by atoms with Crippen molar-refractivity contribution in [3.05, 3.63) is 47.4 Å². The summed E-state index contributed by atoms with van der Waals surface area (Å²) in [6, 6.07) is 8.30. The van der Waals surface area contributed by atoms with Crippen LogP contribution in [0.5, 0.6) is 5.75 Å². The zero-order chi connectivity index (χ0) is 25.1.